The second kappa shape index (κ2) is 9.54. The Labute approximate surface area is 168 Å². The molecule has 0 radical (unpaired) electrons. The van der Waals surface area contributed by atoms with Gasteiger partial charge in [-0.25, -0.2) is 14.6 Å². The van der Waals surface area contributed by atoms with E-state index in [1.807, 2.05) is 30.3 Å². The molecule has 2 aromatic carbocycles. The molecule has 0 aliphatic heterocycles. The lowest BCUT2D eigenvalue weighted by Crippen LogP contribution is -2.10. The number of carbonyl (C=O) groups is 2. The molecule has 0 amide bonds. The number of carbonyl (C=O) groups excluding carboxylic acids is 2. The summed E-state index contributed by atoms with van der Waals surface area (Å²) >= 11 is 0. The van der Waals surface area contributed by atoms with Crippen LogP contribution in [0.3, 0.4) is 0 Å². The lowest BCUT2D eigenvalue weighted by atomic mass is 10.1. The van der Waals surface area contributed by atoms with E-state index in [1.165, 1.54) is 18.2 Å². The molecule has 3 aromatic rings. The highest BCUT2D eigenvalue weighted by Gasteiger charge is 2.16. The molecule has 1 aromatic heterocycles. The molecule has 0 fully saturated rings. The average Bonchev–Trinajstić information content (AvgIpc) is 3.22. The van der Waals surface area contributed by atoms with Crippen molar-refractivity contribution >= 4 is 11.9 Å². The second-order valence-electron chi connectivity index (χ2n) is 5.96. The van der Waals surface area contributed by atoms with Gasteiger partial charge in [0.05, 0.1) is 30.5 Å². The van der Waals surface area contributed by atoms with Crippen LogP contribution in [-0.4, -0.2) is 30.1 Å². The fourth-order valence-corrected chi connectivity index (χ4v) is 2.60. The van der Waals surface area contributed by atoms with Crippen molar-refractivity contribution in [3.05, 3.63) is 71.7 Å². The number of rotatable bonds is 8. The third kappa shape index (κ3) is 5.22. The monoisotopic (exact) mass is 395 g/mol. The van der Waals surface area contributed by atoms with Crippen LogP contribution in [0.5, 0.6) is 5.75 Å². The number of oxazole rings is 1. The second-order valence-corrected chi connectivity index (χ2v) is 5.96. The number of aromatic nitrogens is 1. The molecule has 29 heavy (non-hydrogen) atoms. The summed E-state index contributed by atoms with van der Waals surface area (Å²) in [5, 5.41) is 0. The Bertz CT molecular complexity index is 944. The topological polar surface area (TPSA) is 87.9 Å². The maximum absolute atomic E-state index is 12.1. The molecule has 0 atom stereocenters. The van der Waals surface area contributed by atoms with Crippen molar-refractivity contribution in [3.8, 4) is 17.1 Å². The largest absolute Gasteiger partial charge is 0.484 e. The summed E-state index contributed by atoms with van der Waals surface area (Å²) < 4.78 is 21.4. The zero-order valence-corrected chi connectivity index (χ0v) is 16.2. The van der Waals surface area contributed by atoms with Gasteiger partial charge in [-0.05, 0) is 32.0 Å². The summed E-state index contributed by atoms with van der Waals surface area (Å²) in [6.07, 6.45) is 1.62. The summed E-state index contributed by atoms with van der Waals surface area (Å²) in [5.41, 5.74) is 1.30. The van der Waals surface area contributed by atoms with Gasteiger partial charge < -0.3 is 18.6 Å². The van der Waals surface area contributed by atoms with E-state index in [9.17, 15) is 9.59 Å². The van der Waals surface area contributed by atoms with Gasteiger partial charge in [-0.2, -0.15) is 0 Å². The number of benzene rings is 2. The number of hydrogen-bond acceptors (Lipinski definition) is 7. The molecule has 0 aliphatic carbocycles. The van der Waals surface area contributed by atoms with Crippen LogP contribution in [0.15, 0.2) is 59.1 Å². The van der Waals surface area contributed by atoms with E-state index >= 15 is 0 Å². The molecular formula is C22H21NO6. The Balaban J connectivity index is 1.78. The third-order valence-electron chi connectivity index (χ3n) is 3.90. The predicted octanol–water partition coefficient (Wildman–Crippen LogP) is 4.27. The minimum absolute atomic E-state index is 0.0291. The van der Waals surface area contributed by atoms with Gasteiger partial charge in [-0.1, -0.05) is 30.3 Å². The molecule has 0 N–H and O–H groups in total. The first-order chi connectivity index (χ1) is 14.1. The van der Waals surface area contributed by atoms with Gasteiger partial charge in [0.2, 0.25) is 5.89 Å². The van der Waals surface area contributed by atoms with Crippen LogP contribution < -0.4 is 4.74 Å². The van der Waals surface area contributed by atoms with E-state index in [2.05, 4.69) is 4.98 Å². The maximum Gasteiger partial charge on any atom is 0.338 e. The van der Waals surface area contributed by atoms with Crippen LogP contribution >= 0.6 is 0 Å². The Morgan fingerprint density at radius 3 is 2.14 bits per heavy atom. The molecule has 0 unspecified atom stereocenters. The predicted molar refractivity (Wildman–Crippen MR) is 105 cm³/mol. The van der Waals surface area contributed by atoms with Gasteiger partial charge in [-0.3, -0.25) is 0 Å². The Morgan fingerprint density at radius 2 is 1.55 bits per heavy atom. The molecule has 150 valence electrons. The highest BCUT2D eigenvalue weighted by molar-refractivity contribution is 5.96. The van der Waals surface area contributed by atoms with Gasteiger partial charge in [0.25, 0.3) is 0 Å². The first kappa shape index (κ1) is 20.1. The normalized spacial score (nSPS) is 10.4. The molecule has 0 bridgehead atoms. The van der Waals surface area contributed by atoms with Crippen molar-refractivity contribution in [2.75, 3.05) is 13.2 Å². The Hall–Kier alpha value is -3.61. The molecule has 0 aliphatic rings. The molecule has 3 rings (SSSR count). The third-order valence-corrected chi connectivity index (χ3v) is 3.90. The summed E-state index contributed by atoms with van der Waals surface area (Å²) in [7, 11) is 0. The minimum atomic E-state index is -0.550. The van der Waals surface area contributed by atoms with Gasteiger partial charge in [0.1, 0.15) is 5.75 Å². The van der Waals surface area contributed by atoms with E-state index in [0.717, 1.165) is 5.56 Å². The van der Waals surface area contributed by atoms with Crippen molar-refractivity contribution in [2.45, 2.75) is 20.5 Å². The SMILES string of the molecule is CCOC(=O)c1cc(OCc2ncc(-c3ccccc3)o2)cc(C(=O)OCC)c1. The van der Waals surface area contributed by atoms with Crippen molar-refractivity contribution in [1.29, 1.82) is 0 Å². The summed E-state index contributed by atoms with van der Waals surface area (Å²) in [6, 6.07) is 14.0. The molecule has 7 nitrogen and oxygen atoms in total. The Morgan fingerprint density at radius 1 is 0.931 bits per heavy atom. The lowest BCUT2D eigenvalue weighted by molar-refractivity contribution is 0.0524. The van der Waals surface area contributed by atoms with Crippen molar-refractivity contribution in [2.24, 2.45) is 0 Å². The highest BCUT2D eigenvalue weighted by atomic mass is 16.5. The molecule has 1 heterocycles. The molecule has 0 saturated carbocycles. The average molecular weight is 395 g/mol. The van der Waals surface area contributed by atoms with Crippen molar-refractivity contribution in [1.82, 2.24) is 4.98 Å². The highest BCUT2D eigenvalue weighted by Crippen LogP contribution is 2.23. The van der Waals surface area contributed by atoms with Crippen LogP contribution in [0.25, 0.3) is 11.3 Å². The van der Waals surface area contributed by atoms with Gasteiger partial charge in [0.15, 0.2) is 12.4 Å². The van der Waals surface area contributed by atoms with E-state index < -0.39 is 11.9 Å². The maximum atomic E-state index is 12.1. The first-order valence-electron chi connectivity index (χ1n) is 9.23. The summed E-state index contributed by atoms with van der Waals surface area (Å²) in [6.45, 7) is 3.88. The zero-order chi connectivity index (χ0) is 20.6. The van der Waals surface area contributed by atoms with Crippen molar-refractivity contribution in [3.63, 3.8) is 0 Å². The standard InChI is InChI=1S/C22H21NO6/c1-3-26-21(24)16-10-17(22(25)27-4-2)12-18(11-16)28-14-20-23-13-19(29-20)15-8-6-5-7-9-15/h5-13H,3-4,14H2,1-2H3. The summed E-state index contributed by atoms with van der Waals surface area (Å²) in [5.74, 6) is 0.190. The van der Waals surface area contributed by atoms with Crippen LogP contribution in [0.2, 0.25) is 0 Å². The van der Waals surface area contributed by atoms with Gasteiger partial charge in [0, 0.05) is 5.56 Å². The fourth-order valence-electron chi connectivity index (χ4n) is 2.60. The molecular weight excluding hydrogens is 374 g/mol. The van der Waals surface area contributed by atoms with Crippen LogP contribution in [0.4, 0.5) is 0 Å². The van der Waals surface area contributed by atoms with E-state index in [0.29, 0.717) is 17.4 Å². The smallest absolute Gasteiger partial charge is 0.338 e. The quantitative estimate of drug-likeness (QED) is 0.526. The van der Waals surface area contributed by atoms with E-state index in [4.69, 9.17) is 18.6 Å². The number of esters is 2. The molecule has 7 heteroatoms. The van der Waals surface area contributed by atoms with Crippen LogP contribution in [-0.2, 0) is 16.1 Å². The first-order valence-corrected chi connectivity index (χ1v) is 9.23. The molecule has 0 spiro atoms. The number of ether oxygens (including phenoxy) is 3. The fraction of sp³-hybridized carbons (Fsp3) is 0.227. The van der Waals surface area contributed by atoms with E-state index in [-0.39, 0.29) is 30.9 Å². The minimum Gasteiger partial charge on any atom is -0.484 e. The summed E-state index contributed by atoms with van der Waals surface area (Å²) in [4.78, 5) is 28.4. The number of nitrogens with zero attached hydrogens (tertiary/aromatic N) is 1. The van der Waals surface area contributed by atoms with Gasteiger partial charge >= 0.3 is 11.9 Å². The van der Waals surface area contributed by atoms with Crippen molar-refractivity contribution < 1.29 is 28.2 Å². The lowest BCUT2D eigenvalue weighted by Gasteiger charge is -2.10. The van der Waals surface area contributed by atoms with Crippen LogP contribution in [0.1, 0.15) is 40.5 Å². The van der Waals surface area contributed by atoms with E-state index in [1.54, 1.807) is 20.0 Å². The van der Waals surface area contributed by atoms with Gasteiger partial charge in [-0.15, -0.1) is 0 Å². The Kier molecular flexibility index (Phi) is 6.63. The zero-order valence-electron chi connectivity index (χ0n) is 16.2. The molecule has 0 saturated heterocycles. The van der Waals surface area contributed by atoms with Crippen LogP contribution in [0, 0.1) is 0 Å². The number of hydrogen-bond donors (Lipinski definition) is 0.